The number of carbonyl (C=O) groups excluding carboxylic acids is 1. The van der Waals surface area contributed by atoms with Gasteiger partial charge in [-0.05, 0) is 53.7 Å². The molecule has 2 aromatic carbocycles. The lowest BCUT2D eigenvalue weighted by molar-refractivity contribution is -0.117. The van der Waals surface area contributed by atoms with Crippen LogP contribution in [0.2, 0.25) is 0 Å². The van der Waals surface area contributed by atoms with Gasteiger partial charge in [0.05, 0.1) is 45.0 Å². The van der Waals surface area contributed by atoms with E-state index in [-0.39, 0.29) is 5.91 Å². The molecule has 1 unspecified atom stereocenters. The van der Waals surface area contributed by atoms with E-state index in [1.54, 1.807) is 34.6 Å². The molecule has 1 heterocycles. The van der Waals surface area contributed by atoms with Crippen LogP contribution < -0.4 is 30.0 Å². The van der Waals surface area contributed by atoms with Crippen LogP contribution >= 0.6 is 11.5 Å². The molecule has 0 saturated heterocycles. The van der Waals surface area contributed by atoms with Crippen LogP contribution in [-0.4, -0.2) is 44.8 Å². The summed E-state index contributed by atoms with van der Waals surface area (Å²) in [5.41, 5.74) is 9.25. The first-order chi connectivity index (χ1) is 16.3. The Hall–Kier alpha value is -3.30. The number of methoxy groups -OCH3 is 4. The maximum atomic E-state index is 12.7. The summed E-state index contributed by atoms with van der Waals surface area (Å²) in [6, 6.07) is 8.77. The summed E-state index contributed by atoms with van der Waals surface area (Å²) in [7, 11) is 6.29. The van der Waals surface area contributed by atoms with Crippen molar-refractivity contribution in [3.05, 3.63) is 36.5 Å². The minimum atomic E-state index is -0.606. The highest BCUT2D eigenvalue weighted by molar-refractivity contribution is 7.10. The number of nitrogens with one attached hydrogen (secondary N) is 1. The minimum absolute atomic E-state index is 0.252. The molecule has 3 N–H and O–H groups in total. The molecule has 0 fully saturated rings. The molecule has 182 valence electrons. The second-order valence-corrected chi connectivity index (χ2v) is 8.92. The second kappa shape index (κ2) is 11.2. The van der Waals surface area contributed by atoms with E-state index in [9.17, 15) is 4.79 Å². The summed E-state index contributed by atoms with van der Waals surface area (Å²) < 4.78 is 26.3. The van der Waals surface area contributed by atoms with Crippen molar-refractivity contribution in [2.24, 2.45) is 11.7 Å². The summed E-state index contributed by atoms with van der Waals surface area (Å²) in [5, 5.41) is 2.92. The van der Waals surface area contributed by atoms with Crippen LogP contribution in [0, 0.1) is 5.92 Å². The number of nitrogens with zero attached hydrogens (tertiary/aromatic N) is 1. The van der Waals surface area contributed by atoms with Gasteiger partial charge in [0.25, 0.3) is 0 Å². The largest absolute Gasteiger partial charge is 0.495 e. The van der Waals surface area contributed by atoms with Crippen molar-refractivity contribution in [3.8, 4) is 44.6 Å². The van der Waals surface area contributed by atoms with Gasteiger partial charge in [0, 0.05) is 17.3 Å². The molecule has 0 bridgehead atoms. The lowest BCUT2D eigenvalue weighted by Gasteiger charge is -2.17. The van der Waals surface area contributed by atoms with E-state index in [2.05, 4.69) is 9.69 Å². The predicted molar refractivity (Wildman–Crippen MR) is 135 cm³/mol. The van der Waals surface area contributed by atoms with Gasteiger partial charge in [-0.25, -0.2) is 0 Å². The first-order valence-corrected chi connectivity index (χ1v) is 11.6. The van der Waals surface area contributed by atoms with Gasteiger partial charge in [-0.1, -0.05) is 19.9 Å². The lowest BCUT2D eigenvalue weighted by Crippen LogP contribution is -2.36. The van der Waals surface area contributed by atoms with Gasteiger partial charge in [0.1, 0.15) is 5.75 Å². The number of anilines is 1. The molecule has 0 aliphatic rings. The van der Waals surface area contributed by atoms with Crippen molar-refractivity contribution >= 4 is 23.1 Å². The molecule has 0 radical (unpaired) electrons. The van der Waals surface area contributed by atoms with E-state index in [1.807, 2.05) is 44.2 Å². The molecule has 0 aliphatic heterocycles. The van der Waals surface area contributed by atoms with Gasteiger partial charge in [0.2, 0.25) is 11.7 Å². The van der Waals surface area contributed by atoms with Crippen LogP contribution in [0.4, 0.5) is 5.69 Å². The smallest absolute Gasteiger partial charge is 0.241 e. The third-order valence-corrected chi connectivity index (χ3v) is 6.18. The van der Waals surface area contributed by atoms with Crippen molar-refractivity contribution in [1.29, 1.82) is 0 Å². The van der Waals surface area contributed by atoms with Crippen molar-refractivity contribution in [3.63, 3.8) is 0 Å². The zero-order valence-electron chi connectivity index (χ0n) is 20.3. The molecular formula is C25H31N3O5S. The Morgan fingerprint density at radius 1 is 0.971 bits per heavy atom. The van der Waals surface area contributed by atoms with Crippen LogP contribution in [0.3, 0.4) is 0 Å². The molecule has 0 aliphatic carbocycles. The molecule has 3 rings (SSSR count). The van der Waals surface area contributed by atoms with Crippen LogP contribution in [0.1, 0.15) is 20.3 Å². The number of ether oxygens (including phenoxy) is 4. The van der Waals surface area contributed by atoms with Crippen LogP contribution in [0.25, 0.3) is 21.6 Å². The number of aromatic nitrogens is 1. The maximum absolute atomic E-state index is 12.7. The number of carbonyl (C=O) groups is 1. The Morgan fingerprint density at radius 2 is 1.62 bits per heavy atom. The van der Waals surface area contributed by atoms with Gasteiger partial charge >= 0.3 is 0 Å². The van der Waals surface area contributed by atoms with Crippen LogP contribution in [-0.2, 0) is 4.79 Å². The van der Waals surface area contributed by atoms with Crippen molar-refractivity contribution in [2.45, 2.75) is 26.3 Å². The highest BCUT2D eigenvalue weighted by atomic mass is 32.1. The Morgan fingerprint density at radius 3 is 2.18 bits per heavy atom. The molecule has 1 amide bonds. The van der Waals surface area contributed by atoms with Gasteiger partial charge in [0.15, 0.2) is 11.5 Å². The molecule has 1 aromatic heterocycles. The molecule has 8 nitrogen and oxygen atoms in total. The summed E-state index contributed by atoms with van der Waals surface area (Å²) in [5.74, 6) is 2.23. The van der Waals surface area contributed by atoms with Gasteiger partial charge in [-0.3, -0.25) is 4.79 Å². The predicted octanol–water partition coefficient (Wildman–Crippen LogP) is 4.82. The number of amides is 1. The van der Waals surface area contributed by atoms with Crippen molar-refractivity contribution in [1.82, 2.24) is 4.37 Å². The van der Waals surface area contributed by atoms with E-state index < -0.39 is 6.04 Å². The second-order valence-electron chi connectivity index (χ2n) is 8.12. The highest BCUT2D eigenvalue weighted by Gasteiger charge is 2.20. The van der Waals surface area contributed by atoms with E-state index in [0.717, 1.165) is 21.6 Å². The third-order valence-electron chi connectivity index (χ3n) is 5.33. The molecular weight excluding hydrogens is 454 g/mol. The van der Waals surface area contributed by atoms with E-state index in [1.165, 1.54) is 11.5 Å². The topological polar surface area (TPSA) is 105 Å². The maximum Gasteiger partial charge on any atom is 0.241 e. The molecule has 1 atom stereocenters. The zero-order chi connectivity index (χ0) is 24.8. The Kier molecular flexibility index (Phi) is 8.36. The lowest BCUT2D eigenvalue weighted by atomic mass is 10.0. The molecule has 0 spiro atoms. The van der Waals surface area contributed by atoms with Crippen LogP contribution in [0.5, 0.6) is 23.0 Å². The summed E-state index contributed by atoms with van der Waals surface area (Å²) >= 11 is 1.35. The quantitative estimate of drug-likeness (QED) is 0.424. The number of hydrogen-bond acceptors (Lipinski definition) is 8. The number of benzene rings is 2. The molecule has 3 aromatic rings. The number of hydrogen-bond donors (Lipinski definition) is 2. The molecule has 34 heavy (non-hydrogen) atoms. The highest BCUT2D eigenvalue weighted by Crippen LogP contribution is 2.45. The Labute approximate surface area is 204 Å². The first-order valence-electron chi connectivity index (χ1n) is 10.8. The first kappa shape index (κ1) is 25.3. The van der Waals surface area contributed by atoms with Crippen LogP contribution in [0.15, 0.2) is 36.5 Å². The number of rotatable bonds is 10. The minimum Gasteiger partial charge on any atom is -0.495 e. The summed E-state index contributed by atoms with van der Waals surface area (Å²) in [4.78, 5) is 13.6. The SMILES string of the molecule is COc1ccc(-c2cnsc2-c2cc(OC)c(OC)c(OC)c2)cc1NC(=O)C(N)CC(C)C. The summed E-state index contributed by atoms with van der Waals surface area (Å²) in [6.07, 6.45) is 2.38. The normalized spacial score (nSPS) is 11.8. The fourth-order valence-electron chi connectivity index (χ4n) is 3.68. The van der Waals surface area contributed by atoms with E-state index >= 15 is 0 Å². The van der Waals surface area contributed by atoms with Gasteiger partial charge < -0.3 is 30.0 Å². The number of nitrogens with two attached hydrogens (primary N) is 1. The Balaban J connectivity index is 2.02. The van der Waals surface area contributed by atoms with E-state index in [4.69, 9.17) is 24.7 Å². The monoisotopic (exact) mass is 485 g/mol. The van der Waals surface area contributed by atoms with Gasteiger partial charge in [-0.15, -0.1) is 0 Å². The van der Waals surface area contributed by atoms with Gasteiger partial charge in [-0.2, -0.15) is 4.37 Å². The third kappa shape index (κ3) is 5.43. The standard InChI is InChI=1S/C25H31N3O5S/c1-14(2)9-18(26)25(29)28-19-10-15(7-8-20(19)30-3)17-13-27-34-24(17)16-11-21(31-4)23(33-6)22(12-16)32-5/h7-8,10-14,18H,9,26H2,1-6H3,(H,28,29). The average molecular weight is 486 g/mol. The average Bonchev–Trinajstić information content (AvgIpc) is 3.32. The molecule has 9 heteroatoms. The molecule has 0 saturated carbocycles. The van der Waals surface area contributed by atoms with Crippen molar-refractivity contribution < 1.29 is 23.7 Å². The fraction of sp³-hybridized carbons (Fsp3) is 0.360. The summed E-state index contributed by atoms with van der Waals surface area (Å²) in [6.45, 7) is 4.06. The Bertz CT molecular complexity index is 1120. The van der Waals surface area contributed by atoms with Crippen molar-refractivity contribution in [2.75, 3.05) is 33.8 Å². The fourth-order valence-corrected chi connectivity index (χ4v) is 4.43. The zero-order valence-corrected chi connectivity index (χ0v) is 21.1. The van der Waals surface area contributed by atoms with E-state index in [0.29, 0.717) is 41.0 Å².